The van der Waals surface area contributed by atoms with Gasteiger partial charge in [-0.05, 0) is 75.6 Å². The number of aliphatic hydroxyl groups excluding tert-OH is 1. The predicted molar refractivity (Wildman–Crippen MR) is 169 cm³/mol. The number of likely N-dealkylation sites (N-methyl/N-ethyl adjacent to an activating group) is 1. The highest BCUT2D eigenvalue weighted by Gasteiger charge is 2.31. The fourth-order valence-corrected chi connectivity index (χ4v) is 5.05. The van der Waals surface area contributed by atoms with E-state index >= 15 is 0 Å². The highest BCUT2D eigenvalue weighted by molar-refractivity contribution is 5.99. The number of hydrogen-bond donors (Lipinski definition) is 3. The molecule has 0 fully saturated rings. The largest absolute Gasteiger partial charge is 0.490 e. The quantitative estimate of drug-likeness (QED) is 0.294. The topological polar surface area (TPSA) is 120 Å². The van der Waals surface area contributed by atoms with Crippen molar-refractivity contribution in [1.29, 1.82) is 0 Å². The van der Waals surface area contributed by atoms with Gasteiger partial charge in [-0.15, -0.1) is 0 Å². The summed E-state index contributed by atoms with van der Waals surface area (Å²) in [4.78, 5) is 42.2. The second-order valence-corrected chi connectivity index (χ2v) is 12.0. The Kier molecular flexibility index (Phi) is 13.8. The van der Waals surface area contributed by atoms with E-state index in [-0.39, 0.29) is 48.7 Å². The molecule has 4 atom stereocenters. The fraction of sp³-hybridized carbons (Fsp3) is 0.545. The minimum absolute atomic E-state index is 0.0725. The minimum atomic E-state index is -4.49. The van der Waals surface area contributed by atoms with Crippen molar-refractivity contribution in [3.63, 3.8) is 0 Å². The Hall–Kier alpha value is -3.91. The number of anilines is 2. The normalized spacial score (nSPS) is 20.3. The number of amides is 4. The van der Waals surface area contributed by atoms with Gasteiger partial charge in [-0.3, -0.25) is 9.59 Å². The van der Waals surface area contributed by atoms with Gasteiger partial charge in [0.1, 0.15) is 11.6 Å². The summed E-state index contributed by atoms with van der Waals surface area (Å²) in [5, 5.41) is 15.2. The van der Waals surface area contributed by atoms with Crippen LogP contribution >= 0.6 is 0 Å². The number of benzene rings is 2. The molecule has 4 amide bonds. The fourth-order valence-electron chi connectivity index (χ4n) is 5.05. The van der Waals surface area contributed by atoms with Crippen molar-refractivity contribution >= 4 is 29.2 Å². The summed E-state index contributed by atoms with van der Waals surface area (Å²) in [5.74, 6) is -1.91. The molecule has 0 saturated heterocycles. The molecule has 2 aromatic rings. The molecule has 1 aliphatic rings. The van der Waals surface area contributed by atoms with Crippen LogP contribution in [0.25, 0.3) is 0 Å². The van der Waals surface area contributed by atoms with Gasteiger partial charge in [0.2, 0.25) is 5.91 Å². The van der Waals surface area contributed by atoms with E-state index in [1.165, 1.54) is 52.3 Å². The molecule has 0 saturated carbocycles. The van der Waals surface area contributed by atoms with Crippen molar-refractivity contribution in [2.45, 2.75) is 77.3 Å². The molecule has 2 aromatic carbocycles. The molecule has 10 nitrogen and oxygen atoms in total. The lowest BCUT2D eigenvalue weighted by Gasteiger charge is -2.35. The van der Waals surface area contributed by atoms with Gasteiger partial charge < -0.3 is 35.0 Å². The monoisotopic (exact) mass is 668 g/mol. The first-order valence-electron chi connectivity index (χ1n) is 15.6. The Bertz CT molecular complexity index is 1340. The number of nitrogens with zero attached hydrogens (tertiary/aromatic N) is 2. The van der Waals surface area contributed by atoms with E-state index in [0.29, 0.717) is 25.1 Å². The van der Waals surface area contributed by atoms with E-state index in [2.05, 4.69) is 10.6 Å². The van der Waals surface area contributed by atoms with Gasteiger partial charge in [0.15, 0.2) is 0 Å². The van der Waals surface area contributed by atoms with E-state index in [1.54, 1.807) is 14.0 Å². The second-order valence-electron chi connectivity index (χ2n) is 12.0. The highest BCUT2D eigenvalue weighted by atomic mass is 19.4. The van der Waals surface area contributed by atoms with E-state index in [4.69, 9.17) is 9.47 Å². The summed E-state index contributed by atoms with van der Waals surface area (Å²) in [5.41, 5.74) is 0.618. The molecule has 0 unspecified atom stereocenters. The molecule has 0 aromatic heterocycles. The highest BCUT2D eigenvalue weighted by Crippen LogP contribution is 2.29. The molecular weight excluding hydrogens is 624 g/mol. The summed E-state index contributed by atoms with van der Waals surface area (Å²) in [6.45, 7) is 5.67. The maximum Gasteiger partial charge on any atom is 0.389 e. The number of urea groups is 1. The molecule has 1 heterocycles. The van der Waals surface area contributed by atoms with Gasteiger partial charge in [-0.1, -0.05) is 6.92 Å². The van der Waals surface area contributed by atoms with Crippen LogP contribution in [0.3, 0.4) is 0 Å². The molecule has 47 heavy (non-hydrogen) atoms. The maximum atomic E-state index is 14.1. The predicted octanol–water partition coefficient (Wildman–Crippen LogP) is 6.07. The number of rotatable bonds is 8. The minimum Gasteiger partial charge on any atom is -0.490 e. The van der Waals surface area contributed by atoms with Crippen molar-refractivity contribution in [3.8, 4) is 5.75 Å². The second kappa shape index (κ2) is 17.3. The molecule has 1 aliphatic heterocycles. The molecule has 260 valence electrons. The molecule has 0 spiro atoms. The lowest BCUT2D eigenvalue weighted by Crippen LogP contribution is -2.48. The third-order valence-corrected chi connectivity index (χ3v) is 7.87. The zero-order valence-corrected chi connectivity index (χ0v) is 27.1. The zero-order valence-electron chi connectivity index (χ0n) is 27.1. The van der Waals surface area contributed by atoms with E-state index < -0.39 is 54.8 Å². The van der Waals surface area contributed by atoms with Crippen molar-refractivity contribution < 1.29 is 46.5 Å². The number of aliphatic hydroxyl groups is 1. The van der Waals surface area contributed by atoms with Gasteiger partial charge in [0, 0.05) is 50.5 Å². The van der Waals surface area contributed by atoms with Gasteiger partial charge in [0.25, 0.3) is 5.91 Å². The number of alkyl halides is 3. The van der Waals surface area contributed by atoms with Crippen molar-refractivity contribution in [1.82, 2.24) is 9.80 Å². The average molecular weight is 669 g/mol. The third-order valence-electron chi connectivity index (χ3n) is 7.87. The summed E-state index contributed by atoms with van der Waals surface area (Å²) < 4.78 is 63.6. The first kappa shape index (κ1) is 37.5. The number of hydrogen-bond acceptors (Lipinski definition) is 6. The van der Waals surface area contributed by atoms with Crippen LogP contribution in [0.5, 0.6) is 5.75 Å². The van der Waals surface area contributed by atoms with E-state index in [0.717, 1.165) is 6.42 Å². The standard InChI is InChI=1S/C33H44F4N4O6/c1-21-18-41(22(2)20-42)31(44)27-17-26(38-30(43)14-15-33(35,36)37)12-13-28(27)47-23(3)7-5-6-16-46-29(21)19-40(4)32(45)39-25-10-8-24(34)9-11-25/h8-13,17,21-23,29,42H,5-7,14-16,18-20H2,1-4H3,(H,38,43)(H,39,45)/t21-,22-,23-,29+/m0/s1. The van der Waals surface area contributed by atoms with Gasteiger partial charge >= 0.3 is 12.2 Å². The lowest BCUT2D eigenvalue weighted by atomic mass is 10.0. The Labute approximate surface area is 272 Å². The Morgan fingerprint density at radius 1 is 1.09 bits per heavy atom. The molecule has 0 aliphatic carbocycles. The van der Waals surface area contributed by atoms with E-state index in [9.17, 15) is 37.1 Å². The van der Waals surface area contributed by atoms with Crippen molar-refractivity contribution in [2.24, 2.45) is 5.92 Å². The number of carbonyl (C=O) groups excluding carboxylic acids is 3. The zero-order chi connectivity index (χ0) is 34.7. The average Bonchev–Trinajstić information content (AvgIpc) is 3.02. The van der Waals surface area contributed by atoms with Crippen LogP contribution in [0, 0.1) is 11.7 Å². The SMILES string of the molecule is C[C@H]1CCCCO[C@H](CN(C)C(=O)Nc2ccc(F)cc2)[C@@H](C)CN([C@@H](C)CO)C(=O)c2cc(NC(=O)CCC(F)(F)F)ccc2O1. The summed E-state index contributed by atoms with van der Waals surface area (Å²) in [7, 11) is 1.60. The number of ether oxygens (including phenoxy) is 2. The molecule has 3 N–H and O–H groups in total. The molecule has 3 rings (SSSR count). The van der Waals surface area contributed by atoms with Crippen LogP contribution in [-0.2, 0) is 9.53 Å². The van der Waals surface area contributed by atoms with Crippen LogP contribution in [-0.4, -0.2) is 90.5 Å². The molecule has 0 bridgehead atoms. The lowest BCUT2D eigenvalue weighted by molar-refractivity contribution is -0.142. The van der Waals surface area contributed by atoms with Gasteiger partial charge in [-0.25, -0.2) is 9.18 Å². The Balaban J connectivity index is 1.87. The van der Waals surface area contributed by atoms with Crippen LogP contribution in [0.4, 0.5) is 33.7 Å². The van der Waals surface area contributed by atoms with Crippen molar-refractivity contribution in [2.75, 3.05) is 44.0 Å². The first-order chi connectivity index (χ1) is 22.2. The summed E-state index contributed by atoms with van der Waals surface area (Å²) in [6, 6.07) is 8.61. The number of fused-ring (bicyclic) bond motifs is 1. The van der Waals surface area contributed by atoms with Crippen LogP contribution in [0.15, 0.2) is 42.5 Å². The summed E-state index contributed by atoms with van der Waals surface area (Å²) in [6.07, 6.45) is -5.30. The molecular formula is C33H44F4N4O6. The Morgan fingerprint density at radius 2 is 1.77 bits per heavy atom. The smallest absolute Gasteiger partial charge is 0.389 e. The summed E-state index contributed by atoms with van der Waals surface area (Å²) >= 11 is 0. The number of halogens is 4. The Morgan fingerprint density at radius 3 is 2.43 bits per heavy atom. The van der Waals surface area contributed by atoms with Crippen LogP contribution in [0.1, 0.15) is 63.2 Å². The molecule has 14 heteroatoms. The van der Waals surface area contributed by atoms with Gasteiger partial charge in [-0.2, -0.15) is 13.2 Å². The van der Waals surface area contributed by atoms with Crippen molar-refractivity contribution in [3.05, 3.63) is 53.8 Å². The van der Waals surface area contributed by atoms with Crippen LogP contribution in [0.2, 0.25) is 0 Å². The van der Waals surface area contributed by atoms with Crippen LogP contribution < -0.4 is 15.4 Å². The molecule has 0 radical (unpaired) electrons. The number of nitrogens with one attached hydrogen (secondary N) is 2. The van der Waals surface area contributed by atoms with Gasteiger partial charge in [0.05, 0.1) is 36.8 Å². The van der Waals surface area contributed by atoms with E-state index in [1.807, 2.05) is 13.8 Å². The maximum absolute atomic E-state index is 14.1. The number of carbonyl (C=O) groups is 3. The first-order valence-corrected chi connectivity index (χ1v) is 15.6. The third kappa shape index (κ3) is 12.0.